The monoisotopic (exact) mass is 216 g/mol. The molecule has 1 aromatic heterocycles. The average Bonchev–Trinajstić information content (AvgIpc) is 2.79. The number of benzene rings is 1. The van der Waals surface area contributed by atoms with E-state index >= 15 is 0 Å². The quantitative estimate of drug-likeness (QED) is 0.558. The highest BCUT2D eigenvalue weighted by Gasteiger charge is 2.04. The van der Waals surface area contributed by atoms with Crippen molar-refractivity contribution in [1.29, 1.82) is 0 Å². The Hall–Kier alpha value is -2.04. The van der Waals surface area contributed by atoms with Crippen LogP contribution in [0.15, 0.2) is 30.3 Å². The number of tetrazole rings is 1. The van der Waals surface area contributed by atoms with E-state index < -0.39 is 0 Å². The highest BCUT2D eigenvalue weighted by Crippen LogP contribution is 2.11. The zero-order valence-electron chi connectivity index (χ0n) is 8.78. The molecule has 16 heavy (non-hydrogen) atoms. The van der Waals surface area contributed by atoms with Crippen LogP contribution in [0.25, 0.3) is 11.4 Å². The van der Waals surface area contributed by atoms with Crippen LogP contribution in [0, 0.1) is 0 Å². The molecule has 2 aromatic rings. The molecule has 0 aliphatic carbocycles. The Morgan fingerprint density at radius 2 is 2.06 bits per heavy atom. The summed E-state index contributed by atoms with van der Waals surface area (Å²) in [5, 5.41) is 12.1. The molecular formula is C11H12N4O. The number of hydrogen-bond donors (Lipinski definition) is 0. The zero-order chi connectivity index (χ0) is 11.2. The molecule has 0 saturated heterocycles. The van der Waals surface area contributed by atoms with Crippen molar-refractivity contribution < 1.29 is 4.79 Å². The molecule has 0 N–H and O–H groups in total. The molecule has 0 atom stereocenters. The Morgan fingerprint density at radius 3 is 2.81 bits per heavy atom. The van der Waals surface area contributed by atoms with Crippen LogP contribution < -0.4 is 0 Å². The Balaban J connectivity index is 2.05. The number of rotatable bonds is 5. The first kappa shape index (κ1) is 10.5. The van der Waals surface area contributed by atoms with Crippen molar-refractivity contribution in [3.05, 3.63) is 30.3 Å². The molecule has 82 valence electrons. The Kier molecular flexibility index (Phi) is 3.38. The molecule has 0 unspecified atom stereocenters. The fourth-order valence-electron chi connectivity index (χ4n) is 1.36. The molecule has 0 bridgehead atoms. The number of unbranched alkanes of at least 4 members (excludes halogenated alkanes) is 1. The molecular weight excluding hydrogens is 204 g/mol. The number of hydrogen-bond acceptors (Lipinski definition) is 4. The number of aldehydes is 1. The van der Waals surface area contributed by atoms with Crippen molar-refractivity contribution in [2.75, 3.05) is 0 Å². The average molecular weight is 216 g/mol. The topological polar surface area (TPSA) is 60.7 Å². The fourth-order valence-corrected chi connectivity index (χ4v) is 1.36. The van der Waals surface area contributed by atoms with E-state index in [1.165, 1.54) is 4.80 Å². The third kappa shape index (κ3) is 2.50. The molecule has 5 heteroatoms. The highest BCUT2D eigenvalue weighted by molar-refractivity contribution is 5.53. The van der Waals surface area contributed by atoms with Gasteiger partial charge in [-0.3, -0.25) is 0 Å². The van der Waals surface area contributed by atoms with Gasteiger partial charge in [-0.15, -0.1) is 10.2 Å². The Bertz CT molecular complexity index is 452. The van der Waals surface area contributed by atoms with E-state index in [1.807, 2.05) is 30.3 Å². The van der Waals surface area contributed by atoms with E-state index in [2.05, 4.69) is 15.4 Å². The molecule has 1 aromatic carbocycles. The van der Waals surface area contributed by atoms with Gasteiger partial charge >= 0.3 is 0 Å². The van der Waals surface area contributed by atoms with E-state index in [9.17, 15) is 4.79 Å². The van der Waals surface area contributed by atoms with E-state index in [4.69, 9.17) is 0 Å². The lowest BCUT2D eigenvalue weighted by atomic mass is 10.2. The summed E-state index contributed by atoms with van der Waals surface area (Å²) in [5.41, 5.74) is 0.948. The fraction of sp³-hybridized carbons (Fsp3) is 0.273. The summed E-state index contributed by atoms with van der Waals surface area (Å²) in [6.45, 7) is 0.624. The smallest absolute Gasteiger partial charge is 0.204 e. The van der Waals surface area contributed by atoms with Gasteiger partial charge in [-0.2, -0.15) is 4.80 Å². The zero-order valence-corrected chi connectivity index (χ0v) is 8.78. The minimum Gasteiger partial charge on any atom is -0.303 e. The lowest BCUT2D eigenvalue weighted by Gasteiger charge is -1.94. The number of aryl methyl sites for hydroxylation is 1. The van der Waals surface area contributed by atoms with E-state index in [0.717, 1.165) is 18.3 Å². The second kappa shape index (κ2) is 5.16. The maximum Gasteiger partial charge on any atom is 0.204 e. The molecule has 0 aliphatic heterocycles. The predicted molar refractivity (Wildman–Crippen MR) is 58.6 cm³/mol. The van der Waals surface area contributed by atoms with Gasteiger partial charge in [0, 0.05) is 12.0 Å². The molecule has 0 spiro atoms. The van der Waals surface area contributed by atoms with Gasteiger partial charge in [0.2, 0.25) is 5.82 Å². The van der Waals surface area contributed by atoms with Gasteiger partial charge in [-0.05, 0) is 11.6 Å². The Morgan fingerprint density at radius 1 is 1.25 bits per heavy atom. The molecule has 5 nitrogen and oxygen atoms in total. The molecule has 0 saturated carbocycles. The summed E-state index contributed by atoms with van der Waals surface area (Å²) < 4.78 is 0. The van der Waals surface area contributed by atoms with Crippen molar-refractivity contribution in [2.45, 2.75) is 19.4 Å². The third-order valence-corrected chi connectivity index (χ3v) is 2.16. The largest absolute Gasteiger partial charge is 0.303 e. The van der Waals surface area contributed by atoms with Crippen molar-refractivity contribution in [3.63, 3.8) is 0 Å². The molecule has 0 aliphatic rings. The van der Waals surface area contributed by atoms with Crippen LogP contribution >= 0.6 is 0 Å². The van der Waals surface area contributed by atoms with E-state index in [-0.39, 0.29) is 0 Å². The van der Waals surface area contributed by atoms with Crippen molar-refractivity contribution in [2.24, 2.45) is 0 Å². The summed E-state index contributed by atoms with van der Waals surface area (Å²) in [6.07, 6.45) is 2.17. The van der Waals surface area contributed by atoms with Crippen molar-refractivity contribution >= 4 is 6.29 Å². The van der Waals surface area contributed by atoms with Crippen molar-refractivity contribution in [1.82, 2.24) is 20.2 Å². The molecule has 2 rings (SSSR count). The minimum atomic E-state index is 0.530. The predicted octanol–water partition coefficient (Wildman–Crippen LogP) is 1.32. The number of aromatic nitrogens is 4. The van der Waals surface area contributed by atoms with Gasteiger partial charge in [0.25, 0.3) is 0 Å². The van der Waals surface area contributed by atoms with Crippen LogP contribution in [0.3, 0.4) is 0 Å². The van der Waals surface area contributed by atoms with Crippen LogP contribution in [0.4, 0.5) is 0 Å². The third-order valence-electron chi connectivity index (χ3n) is 2.16. The van der Waals surface area contributed by atoms with Gasteiger partial charge in [0.05, 0.1) is 6.54 Å². The first-order chi connectivity index (χ1) is 7.90. The van der Waals surface area contributed by atoms with Gasteiger partial charge in [0.15, 0.2) is 0 Å². The van der Waals surface area contributed by atoms with Crippen LogP contribution in [0.5, 0.6) is 0 Å². The molecule has 0 fully saturated rings. The highest BCUT2D eigenvalue weighted by atomic mass is 16.1. The maximum atomic E-state index is 10.2. The van der Waals surface area contributed by atoms with Crippen molar-refractivity contribution in [3.8, 4) is 11.4 Å². The van der Waals surface area contributed by atoms with Gasteiger partial charge < -0.3 is 4.79 Å². The Labute approximate surface area is 93.1 Å². The summed E-state index contributed by atoms with van der Waals surface area (Å²) in [4.78, 5) is 11.7. The molecule has 0 amide bonds. The lowest BCUT2D eigenvalue weighted by molar-refractivity contribution is -0.108. The maximum absolute atomic E-state index is 10.2. The molecule has 0 radical (unpaired) electrons. The standard InChI is InChI=1S/C11H12N4O/c16-9-5-4-8-15-13-11(12-14-15)10-6-2-1-3-7-10/h1-3,6-7,9H,4-5,8H2. The van der Waals surface area contributed by atoms with Crippen LogP contribution in [-0.4, -0.2) is 26.5 Å². The summed E-state index contributed by atoms with van der Waals surface area (Å²) in [7, 11) is 0. The number of carbonyl (C=O) groups excluding carboxylic acids is 1. The normalized spacial score (nSPS) is 10.2. The number of nitrogens with zero attached hydrogens (tertiary/aromatic N) is 4. The first-order valence-electron chi connectivity index (χ1n) is 5.17. The van der Waals surface area contributed by atoms with Crippen LogP contribution in [-0.2, 0) is 11.3 Å². The number of carbonyl (C=O) groups is 1. The van der Waals surface area contributed by atoms with Crippen LogP contribution in [0.1, 0.15) is 12.8 Å². The minimum absolute atomic E-state index is 0.530. The van der Waals surface area contributed by atoms with Gasteiger partial charge in [0.1, 0.15) is 6.29 Å². The SMILES string of the molecule is O=CCCCn1nnc(-c2ccccc2)n1. The molecule has 1 heterocycles. The van der Waals surface area contributed by atoms with Crippen LogP contribution in [0.2, 0.25) is 0 Å². The summed E-state index contributed by atoms with van der Waals surface area (Å²) >= 11 is 0. The summed E-state index contributed by atoms with van der Waals surface area (Å²) in [6, 6.07) is 9.68. The van der Waals surface area contributed by atoms with E-state index in [1.54, 1.807) is 0 Å². The summed E-state index contributed by atoms with van der Waals surface area (Å²) in [5.74, 6) is 0.617. The van der Waals surface area contributed by atoms with Gasteiger partial charge in [-0.25, -0.2) is 0 Å². The lowest BCUT2D eigenvalue weighted by Crippen LogP contribution is -2.02. The second-order valence-corrected chi connectivity index (χ2v) is 3.38. The second-order valence-electron chi connectivity index (χ2n) is 3.38. The van der Waals surface area contributed by atoms with Gasteiger partial charge in [-0.1, -0.05) is 30.3 Å². The first-order valence-corrected chi connectivity index (χ1v) is 5.17. The van der Waals surface area contributed by atoms with E-state index in [0.29, 0.717) is 18.8 Å².